The maximum Gasteiger partial charge on any atom is 0.166 e. The SMILES string of the molecule is C=CC1COC(C)(CCC(C)C)O1. The van der Waals surface area contributed by atoms with Crippen LogP contribution in [0.3, 0.4) is 0 Å². The zero-order valence-corrected chi connectivity index (χ0v) is 8.88. The van der Waals surface area contributed by atoms with Crippen molar-refractivity contribution in [1.82, 2.24) is 0 Å². The van der Waals surface area contributed by atoms with Crippen molar-refractivity contribution >= 4 is 0 Å². The van der Waals surface area contributed by atoms with Crippen molar-refractivity contribution in [3.8, 4) is 0 Å². The van der Waals surface area contributed by atoms with Crippen LogP contribution < -0.4 is 0 Å². The molecule has 1 aliphatic rings. The molecule has 0 aromatic heterocycles. The largest absolute Gasteiger partial charge is 0.347 e. The van der Waals surface area contributed by atoms with Gasteiger partial charge in [0.2, 0.25) is 0 Å². The number of ether oxygens (including phenoxy) is 2. The molecule has 1 rings (SSSR count). The summed E-state index contributed by atoms with van der Waals surface area (Å²) in [6.07, 6.45) is 3.99. The highest BCUT2D eigenvalue weighted by Crippen LogP contribution is 2.29. The number of hydrogen-bond donors (Lipinski definition) is 0. The molecule has 0 amide bonds. The Labute approximate surface area is 80.9 Å². The van der Waals surface area contributed by atoms with Crippen molar-refractivity contribution in [3.63, 3.8) is 0 Å². The fourth-order valence-electron chi connectivity index (χ4n) is 1.44. The average Bonchev–Trinajstić information content (AvgIpc) is 2.45. The van der Waals surface area contributed by atoms with Gasteiger partial charge in [-0.15, -0.1) is 6.58 Å². The lowest BCUT2D eigenvalue weighted by Crippen LogP contribution is -2.26. The molecule has 2 nitrogen and oxygen atoms in total. The normalized spacial score (nSPS) is 34.0. The summed E-state index contributed by atoms with van der Waals surface area (Å²) in [5.41, 5.74) is 0. The second-order valence-electron chi connectivity index (χ2n) is 4.27. The van der Waals surface area contributed by atoms with E-state index in [1.165, 1.54) is 0 Å². The molecule has 1 saturated heterocycles. The molecule has 0 bridgehead atoms. The van der Waals surface area contributed by atoms with E-state index < -0.39 is 0 Å². The Kier molecular flexibility index (Phi) is 3.51. The molecule has 0 aliphatic carbocycles. The molecule has 0 saturated carbocycles. The summed E-state index contributed by atoms with van der Waals surface area (Å²) >= 11 is 0. The third kappa shape index (κ3) is 3.12. The smallest absolute Gasteiger partial charge is 0.166 e. The number of hydrogen-bond acceptors (Lipinski definition) is 2. The minimum Gasteiger partial charge on any atom is -0.347 e. The van der Waals surface area contributed by atoms with E-state index in [-0.39, 0.29) is 11.9 Å². The van der Waals surface area contributed by atoms with Crippen LogP contribution in [0.1, 0.15) is 33.6 Å². The van der Waals surface area contributed by atoms with E-state index >= 15 is 0 Å². The standard InChI is InChI=1S/C11H20O2/c1-5-10-8-12-11(4,13-10)7-6-9(2)3/h5,9-10H,1,6-8H2,2-4H3. The highest BCUT2D eigenvalue weighted by atomic mass is 16.7. The Morgan fingerprint density at radius 3 is 2.77 bits per heavy atom. The fourth-order valence-corrected chi connectivity index (χ4v) is 1.44. The Bertz CT molecular complexity index is 177. The molecular formula is C11H20O2. The van der Waals surface area contributed by atoms with Crippen LogP contribution in [-0.4, -0.2) is 18.5 Å². The van der Waals surface area contributed by atoms with Gasteiger partial charge >= 0.3 is 0 Å². The Balaban J connectivity index is 2.35. The summed E-state index contributed by atoms with van der Waals surface area (Å²) in [6, 6.07) is 0. The van der Waals surface area contributed by atoms with E-state index in [2.05, 4.69) is 20.4 Å². The molecule has 13 heavy (non-hydrogen) atoms. The first-order chi connectivity index (χ1) is 6.06. The molecule has 76 valence electrons. The van der Waals surface area contributed by atoms with Crippen LogP contribution in [0.15, 0.2) is 12.7 Å². The molecule has 2 atom stereocenters. The second kappa shape index (κ2) is 4.25. The van der Waals surface area contributed by atoms with Gasteiger partial charge in [-0.3, -0.25) is 0 Å². The molecule has 0 spiro atoms. The molecule has 0 radical (unpaired) electrons. The Morgan fingerprint density at radius 1 is 1.62 bits per heavy atom. The fraction of sp³-hybridized carbons (Fsp3) is 0.818. The molecule has 1 aliphatic heterocycles. The van der Waals surface area contributed by atoms with E-state index in [9.17, 15) is 0 Å². The van der Waals surface area contributed by atoms with Crippen LogP contribution >= 0.6 is 0 Å². The zero-order chi connectivity index (χ0) is 9.90. The predicted molar refractivity (Wildman–Crippen MR) is 53.5 cm³/mol. The van der Waals surface area contributed by atoms with Crippen molar-refractivity contribution in [2.24, 2.45) is 5.92 Å². The molecule has 1 heterocycles. The Morgan fingerprint density at radius 2 is 2.31 bits per heavy atom. The van der Waals surface area contributed by atoms with Gasteiger partial charge in [-0.2, -0.15) is 0 Å². The van der Waals surface area contributed by atoms with E-state index in [1.54, 1.807) is 6.08 Å². The highest BCUT2D eigenvalue weighted by Gasteiger charge is 2.35. The summed E-state index contributed by atoms with van der Waals surface area (Å²) in [5.74, 6) is 0.329. The summed E-state index contributed by atoms with van der Waals surface area (Å²) in [4.78, 5) is 0. The summed E-state index contributed by atoms with van der Waals surface area (Å²) < 4.78 is 11.3. The summed E-state index contributed by atoms with van der Waals surface area (Å²) in [5, 5.41) is 0. The van der Waals surface area contributed by atoms with Crippen molar-refractivity contribution in [2.45, 2.75) is 45.5 Å². The third-order valence-corrected chi connectivity index (χ3v) is 2.39. The summed E-state index contributed by atoms with van der Waals surface area (Å²) in [6.45, 7) is 10.8. The van der Waals surface area contributed by atoms with Gasteiger partial charge in [-0.25, -0.2) is 0 Å². The van der Waals surface area contributed by atoms with Gasteiger partial charge in [-0.05, 0) is 19.3 Å². The van der Waals surface area contributed by atoms with Crippen LogP contribution in [-0.2, 0) is 9.47 Å². The van der Waals surface area contributed by atoms with Crippen molar-refractivity contribution < 1.29 is 9.47 Å². The Hall–Kier alpha value is -0.340. The molecule has 2 heteroatoms. The maximum absolute atomic E-state index is 5.71. The first-order valence-corrected chi connectivity index (χ1v) is 5.00. The predicted octanol–water partition coefficient (Wildman–Crippen LogP) is 2.74. The van der Waals surface area contributed by atoms with Crippen molar-refractivity contribution in [2.75, 3.05) is 6.61 Å². The molecule has 0 aromatic rings. The van der Waals surface area contributed by atoms with E-state index in [4.69, 9.17) is 9.47 Å². The molecule has 0 aromatic carbocycles. The van der Waals surface area contributed by atoms with Crippen LogP contribution in [0, 0.1) is 5.92 Å². The highest BCUT2D eigenvalue weighted by molar-refractivity contribution is 4.86. The molecule has 2 unspecified atom stereocenters. The topological polar surface area (TPSA) is 18.5 Å². The van der Waals surface area contributed by atoms with Gasteiger partial charge in [0, 0.05) is 6.42 Å². The van der Waals surface area contributed by atoms with Gasteiger partial charge in [0.25, 0.3) is 0 Å². The lowest BCUT2D eigenvalue weighted by Gasteiger charge is -2.23. The van der Waals surface area contributed by atoms with Crippen molar-refractivity contribution in [1.29, 1.82) is 0 Å². The van der Waals surface area contributed by atoms with E-state index in [0.717, 1.165) is 12.8 Å². The van der Waals surface area contributed by atoms with Crippen LogP contribution in [0.4, 0.5) is 0 Å². The molecular weight excluding hydrogens is 164 g/mol. The van der Waals surface area contributed by atoms with E-state index in [0.29, 0.717) is 12.5 Å². The second-order valence-corrected chi connectivity index (χ2v) is 4.27. The first kappa shape index (κ1) is 10.7. The number of rotatable bonds is 4. The maximum atomic E-state index is 5.71. The van der Waals surface area contributed by atoms with Crippen LogP contribution in [0.25, 0.3) is 0 Å². The van der Waals surface area contributed by atoms with Crippen LogP contribution in [0.2, 0.25) is 0 Å². The minimum absolute atomic E-state index is 0.0807. The van der Waals surface area contributed by atoms with Crippen molar-refractivity contribution in [3.05, 3.63) is 12.7 Å². The third-order valence-electron chi connectivity index (χ3n) is 2.39. The van der Waals surface area contributed by atoms with E-state index in [1.807, 2.05) is 6.92 Å². The molecule has 0 N–H and O–H groups in total. The lowest BCUT2D eigenvalue weighted by molar-refractivity contribution is -0.155. The molecule has 1 fully saturated rings. The van der Waals surface area contributed by atoms with Gasteiger partial charge in [-0.1, -0.05) is 19.9 Å². The monoisotopic (exact) mass is 184 g/mol. The zero-order valence-electron chi connectivity index (χ0n) is 8.88. The minimum atomic E-state index is -0.372. The van der Waals surface area contributed by atoms with Crippen LogP contribution in [0.5, 0.6) is 0 Å². The van der Waals surface area contributed by atoms with Gasteiger partial charge in [0.05, 0.1) is 6.61 Å². The lowest BCUT2D eigenvalue weighted by atomic mass is 10.0. The quantitative estimate of drug-likeness (QED) is 0.625. The van der Waals surface area contributed by atoms with Gasteiger partial charge < -0.3 is 9.47 Å². The average molecular weight is 184 g/mol. The first-order valence-electron chi connectivity index (χ1n) is 5.00. The summed E-state index contributed by atoms with van der Waals surface area (Å²) in [7, 11) is 0. The van der Waals surface area contributed by atoms with Gasteiger partial charge in [0.1, 0.15) is 6.10 Å². The van der Waals surface area contributed by atoms with Gasteiger partial charge in [0.15, 0.2) is 5.79 Å².